The fourth-order valence-corrected chi connectivity index (χ4v) is 3.86. The number of hydrogen-bond donors (Lipinski definition) is 2. The van der Waals surface area contributed by atoms with E-state index >= 15 is 0 Å². The lowest BCUT2D eigenvalue weighted by atomic mass is 10.1. The minimum atomic E-state index is -4.86. The number of piperazine rings is 1. The molecule has 0 radical (unpaired) electrons. The zero-order valence-electron chi connectivity index (χ0n) is 22.4. The summed E-state index contributed by atoms with van der Waals surface area (Å²) in [5, 5.41) is 8.42. The maximum atomic E-state index is 13.5. The van der Waals surface area contributed by atoms with Crippen LogP contribution < -0.4 is 10.6 Å². The van der Waals surface area contributed by atoms with Crippen LogP contribution in [0.2, 0.25) is 0 Å². The van der Waals surface area contributed by atoms with Gasteiger partial charge in [0.1, 0.15) is 5.60 Å². The van der Waals surface area contributed by atoms with E-state index in [4.69, 9.17) is 9.47 Å². The number of benzene rings is 1. The maximum absolute atomic E-state index is 13.5. The fourth-order valence-electron chi connectivity index (χ4n) is 3.86. The third kappa shape index (κ3) is 7.64. The van der Waals surface area contributed by atoms with Crippen molar-refractivity contribution in [2.45, 2.75) is 38.6 Å². The van der Waals surface area contributed by atoms with Crippen LogP contribution in [0.1, 0.15) is 36.8 Å². The maximum Gasteiger partial charge on any atom is 0.435 e. The number of alkyl halides is 3. The molecule has 4 amide bonds. The summed E-state index contributed by atoms with van der Waals surface area (Å²) in [5.74, 6) is -1.74. The lowest BCUT2D eigenvalue weighted by Gasteiger charge is -2.40. The second-order valence-corrected chi connectivity index (χ2v) is 9.82. The van der Waals surface area contributed by atoms with Crippen molar-refractivity contribution in [2.75, 3.05) is 39.8 Å². The Morgan fingerprint density at radius 3 is 2.27 bits per heavy atom. The average Bonchev–Trinajstić information content (AvgIpc) is 3.36. The van der Waals surface area contributed by atoms with Gasteiger partial charge in [-0.2, -0.15) is 18.3 Å². The van der Waals surface area contributed by atoms with Crippen LogP contribution in [0.25, 0.3) is 5.69 Å². The van der Waals surface area contributed by atoms with Gasteiger partial charge in [0.05, 0.1) is 24.9 Å². The van der Waals surface area contributed by atoms with E-state index in [1.54, 1.807) is 51.1 Å². The number of nitrogens with zero attached hydrogens (tertiary/aromatic N) is 4. The molecular weight excluding hydrogens is 537 g/mol. The Morgan fingerprint density at radius 2 is 1.68 bits per heavy atom. The Hall–Kier alpha value is -4.30. The van der Waals surface area contributed by atoms with Gasteiger partial charge >= 0.3 is 24.3 Å². The lowest BCUT2D eigenvalue weighted by Crippen LogP contribution is -2.61. The van der Waals surface area contributed by atoms with Crippen molar-refractivity contribution in [2.24, 2.45) is 0 Å². The number of rotatable bonds is 6. The molecule has 0 aliphatic carbocycles. The van der Waals surface area contributed by atoms with Gasteiger partial charge < -0.3 is 25.0 Å². The zero-order chi connectivity index (χ0) is 29.7. The Kier molecular flexibility index (Phi) is 9.27. The van der Waals surface area contributed by atoms with Gasteiger partial charge in [-0.1, -0.05) is 18.2 Å². The third-order valence-electron chi connectivity index (χ3n) is 5.70. The molecule has 40 heavy (non-hydrogen) atoms. The van der Waals surface area contributed by atoms with E-state index in [1.165, 1.54) is 9.80 Å². The highest BCUT2D eigenvalue weighted by Crippen LogP contribution is 2.31. The molecule has 1 atom stereocenters. The summed E-state index contributed by atoms with van der Waals surface area (Å²) in [4.78, 5) is 52.6. The summed E-state index contributed by atoms with van der Waals surface area (Å²) in [6, 6.07) is 6.33. The number of methoxy groups -OCH3 is 1. The van der Waals surface area contributed by atoms with Gasteiger partial charge in [0, 0.05) is 32.4 Å². The first-order valence-corrected chi connectivity index (χ1v) is 12.3. The van der Waals surface area contributed by atoms with E-state index in [9.17, 15) is 32.3 Å². The predicted molar refractivity (Wildman–Crippen MR) is 135 cm³/mol. The number of para-hydroxylation sites is 1. The van der Waals surface area contributed by atoms with Crippen LogP contribution >= 0.6 is 0 Å². The molecule has 1 fully saturated rings. The molecule has 1 aromatic carbocycles. The quantitative estimate of drug-likeness (QED) is 0.404. The normalized spacial score (nSPS) is 15.8. The molecule has 1 unspecified atom stereocenters. The van der Waals surface area contributed by atoms with Crippen LogP contribution in [-0.4, -0.2) is 95.1 Å². The standard InChI is InChI=1S/C25H31F3N6O6/c1-24(2,3)40-23(38)33-13-12-32(15-18(33)21(36)39-4)22(37)30-11-10-29-20(35)17-14-34(16-8-6-5-7-9-16)31-19(17)25(26,27)28/h5-9,14,18H,10-13,15H2,1-4H3,(H,29,35)(H,30,37). The Labute approximate surface area is 228 Å². The van der Waals surface area contributed by atoms with E-state index < -0.39 is 53.1 Å². The molecule has 2 heterocycles. The van der Waals surface area contributed by atoms with Crippen LogP contribution in [0.5, 0.6) is 0 Å². The first-order valence-electron chi connectivity index (χ1n) is 12.3. The number of hydrogen-bond acceptors (Lipinski definition) is 7. The minimum absolute atomic E-state index is 0.00442. The third-order valence-corrected chi connectivity index (χ3v) is 5.70. The molecule has 2 N–H and O–H groups in total. The number of esters is 1. The number of amides is 4. The molecule has 0 bridgehead atoms. The highest BCUT2D eigenvalue weighted by atomic mass is 19.4. The zero-order valence-corrected chi connectivity index (χ0v) is 22.4. The highest BCUT2D eigenvalue weighted by Gasteiger charge is 2.40. The number of halogens is 3. The topological polar surface area (TPSA) is 135 Å². The number of aromatic nitrogens is 2. The fraction of sp³-hybridized carbons (Fsp3) is 0.480. The van der Waals surface area contributed by atoms with Crippen LogP contribution in [0.3, 0.4) is 0 Å². The molecule has 0 saturated carbocycles. The van der Waals surface area contributed by atoms with E-state index in [0.717, 1.165) is 18.0 Å². The summed E-state index contributed by atoms with van der Waals surface area (Å²) < 4.78 is 51.7. The van der Waals surface area contributed by atoms with Gasteiger partial charge in [-0.15, -0.1) is 0 Å². The first-order chi connectivity index (χ1) is 18.7. The molecule has 1 saturated heterocycles. The monoisotopic (exact) mass is 568 g/mol. The number of urea groups is 1. The van der Waals surface area contributed by atoms with Gasteiger partial charge in [-0.3, -0.25) is 9.69 Å². The molecule has 3 rings (SSSR count). The second kappa shape index (κ2) is 12.3. The van der Waals surface area contributed by atoms with Gasteiger partial charge in [-0.25, -0.2) is 19.1 Å². The van der Waals surface area contributed by atoms with Gasteiger partial charge in [0.25, 0.3) is 5.91 Å². The summed E-state index contributed by atoms with van der Waals surface area (Å²) in [6.07, 6.45) is -4.60. The van der Waals surface area contributed by atoms with Crippen molar-refractivity contribution in [3.63, 3.8) is 0 Å². The van der Waals surface area contributed by atoms with Crippen molar-refractivity contribution in [1.82, 2.24) is 30.2 Å². The van der Waals surface area contributed by atoms with Gasteiger partial charge in [0.2, 0.25) is 0 Å². The number of carbonyl (C=O) groups is 4. The molecule has 0 spiro atoms. The molecule has 1 aliphatic rings. The van der Waals surface area contributed by atoms with Crippen LogP contribution in [-0.2, 0) is 20.4 Å². The molecule has 12 nitrogen and oxygen atoms in total. The summed E-state index contributed by atoms with van der Waals surface area (Å²) >= 11 is 0. The van der Waals surface area contributed by atoms with Crippen LogP contribution in [0.15, 0.2) is 36.5 Å². The van der Waals surface area contributed by atoms with Crippen molar-refractivity contribution in [3.8, 4) is 5.69 Å². The molecule has 218 valence electrons. The van der Waals surface area contributed by atoms with E-state index in [-0.39, 0.29) is 32.7 Å². The lowest BCUT2D eigenvalue weighted by molar-refractivity contribution is -0.148. The summed E-state index contributed by atoms with van der Waals surface area (Å²) in [6.45, 7) is 4.66. The van der Waals surface area contributed by atoms with Gasteiger partial charge in [0.15, 0.2) is 11.7 Å². The largest absolute Gasteiger partial charge is 0.467 e. The Balaban J connectivity index is 1.57. The molecular formula is C25H31F3N6O6. The van der Waals surface area contributed by atoms with Crippen molar-refractivity contribution in [1.29, 1.82) is 0 Å². The van der Waals surface area contributed by atoms with Crippen molar-refractivity contribution < 1.29 is 41.8 Å². The minimum Gasteiger partial charge on any atom is -0.467 e. The summed E-state index contributed by atoms with van der Waals surface area (Å²) in [7, 11) is 1.16. The van der Waals surface area contributed by atoms with Gasteiger partial charge in [-0.05, 0) is 32.9 Å². The highest BCUT2D eigenvalue weighted by molar-refractivity contribution is 5.95. The first kappa shape index (κ1) is 30.2. The summed E-state index contributed by atoms with van der Waals surface area (Å²) in [5.41, 5.74) is -2.45. The molecule has 2 aromatic rings. The van der Waals surface area contributed by atoms with E-state index in [0.29, 0.717) is 5.69 Å². The molecule has 15 heteroatoms. The average molecular weight is 569 g/mol. The molecule has 1 aromatic heterocycles. The Bertz CT molecular complexity index is 1230. The Morgan fingerprint density at radius 1 is 1.02 bits per heavy atom. The SMILES string of the molecule is COC(=O)C1CN(C(=O)NCCNC(=O)c2cn(-c3ccccc3)nc2C(F)(F)F)CCN1C(=O)OC(C)(C)C. The smallest absolute Gasteiger partial charge is 0.435 e. The van der Waals surface area contributed by atoms with Crippen LogP contribution in [0.4, 0.5) is 22.8 Å². The number of ether oxygens (including phenoxy) is 2. The predicted octanol–water partition coefficient (Wildman–Crippen LogP) is 2.42. The number of carbonyl (C=O) groups excluding carboxylic acids is 4. The van der Waals surface area contributed by atoms with E-state index in [1.807, 2.05) is 0 Å². The molecule has 1 aliphatic heterocycles. The van der Waals surface area contributed by atoms with E-state index in [2.05, 4.69) is 15.7 Å². The van der Waals surface area contributed by atoms with Crippen LogP contribution in [0, 0.1) is 0 Å². The number of nitrogens with one attached hydrogen (secondary N) is 2. The van der Waals surface area contributed by atoms with Crippen molar-refractivity contribution >= 4 is 24.0 Å². The second-order valence-electron chi connectivity index (χ2n) is 9.82. The van der Waals surface area contributed by atoms with Crippen molar-refractivity contribution in [3.05, 3.63) is 47.8 Å².